The number of nitrogens with zero attached hydrogens (tertiary/aromatic N) is 1. The zero-order valence-corrected chi connectivity index (χ0v) is 21.8. The standard InChI is InChI=1S/C15H18O.C13H13F2NO.C2H6/c1-4-16-15-10-6-8-13-12(11(2)3)7-5-9-14(13)15;1-8(2)9-4-3-5-11-10(9)6-7-16-12(11)17-13(14)15;1-2/h5-11H,4H2,1-3H3;3-8,13H,1-2H3;1-2H3. The molecule has 5 heteroatoms. The smallest absolute Gasteiger partial charge is 0.388 e. The quantitative estimate of drug-likeness (QED) is 0.275. The van der Waals surface area contributed by atoms with Crippen molar-refractivity contribution in [3.63, 3.8) is 0 Å². The topological polar surface area (TPSA) is 31.4 Å². The number of rotatable bonds is 6. The van der Waals surface area contributed by atoms with E-state index in [0.717, 1.165) is 16.7 Å². The number of ether oxygens (including phenoxy) is 2. The van der Waals surface area contributed by atoms with Crippen LogP contribution in [0.3, 0.4) is 0 Å². The van der Waals surface area contributed by atoms with Gasteiger partial charge in [-0.1, -0.05) is 84.0 Å². The maximum absolute atomic E-state index is 12.2. The van der Waals surface area contributed by atoms with Gasteiger partial charge in [-0.05, 0) is 58.9 Å². The molecule has 0 aliphatic rings. The number of hydrogen-bond acceptors (Lipinski definition) is 3. The first-order valence-corrected chi connectivity index (χ1v) is 12.3. The van der Waals surface area contributed by atoms with Crippen LogP contribution in [0.5, 0.6) is 11.6 Å². The molecule has 4 rings (SSSR count). The number of alkyl halides is 2. The Balaban J connectivity index is 0.000000231. The van der Waals surface area contributed by atoms with Crippen LogP contribution in [0, 0.1) is 0 Å². The number of pyridine rings is 1. The maximum Gasteiger partial charge on any atom is 0.388 e. The molecule has 0 saturated carbocycles. The molecule has 0 amide bonds. The van der Waals surface area contributed by atoms with Gasteiger partial charge >= 0.3 is 6.61 Å². The molecule has 0 aliphatic carbocycles. The highest BCUT2D eigenvalue weighted by Gasteiger charge is 2.12. The lowest BCUT2D eigenvalue weighted by Gasteiger charge is -2.12. The Hall–Kier alpha value is -3.21. The summed E-state index contributed by atoms with van der Waals surface area (Å²) in [4.78, 5) is 3.85. The Bertz CT molecular complexity index is 1210. The summed E-state index contributed by atoms with van der Waals surface area (Å²) in [7, 11) is 0. The fourth-order valence-electron chi connectivity index (χ4n) is 3.98. The summed E-state index contributed by atoms with van der Waals surface area (Å²) >= 11 is 0. The normalized spacial score (nSPS) is 10.7. The zero-order valence-electron chi connectivity index (χ0n) is 21.8. The van der Waals surface area contributed by atoms with Crippen LogP contribution in [0.4, 0.5) is 8.78 Å². The lowest BCUT2D eigenvalue weighted by Crippen LogP contribution is -2.04. The van der Waals surface area contributed by atoms with E-state index in [1.54, 1.807) is 6.07 Å². The maximum atomic E-state index is 12.2. The van der Waals surface area contributed by atoms with Gasteiger partial charge in [-0.25, -0.2) is 4.98 Å². The Morgan fingerprint density at radius 2 is 1.23 bits per heavy atom. The van der Waals surface area contributed by atoms with Gasteiger partial charge in [-0.3, -0.25) is 0 Å². The predicted octanol–water partition coefficient (Wildman–Crippen LogP) is 9.35. The minimum atomic E-state index is -2.85. The van der Waals surface area contributed by atoms with Gasteiger partial charge in [0.15, 0.2) is 0 Å². The van der Waals surface area contributed by atoms with E-state index >= 15 is 0 Å². The van der Waals surface area contributed by atoms with E-state index < -0.39 is 6.61 Å². The summed E-state index contributed by atoms with van der Waals surface area (Å²) in [6.07, 6.45) is 1.49. The van der Waals surface area contributed by atoms with Crippen LogP contribution in [-0.4, -0.2) is 18.2 Å². The highest BCUT2D eigenvalue weighted by Crippen LogP contribution is 2.32. The van der Waals surface area contributed by atoms with Crippen LogP contribution in [0.25, 0.3) is 21.5 Å². The van der Waals surface area contributed by atoms with Crippen molar-refractivity contribution in [1.29, 1.82) is 0 Å². The number of aromatic nitrogens is 1. The Morgan fingerprint density at radius 1 is 0.714 bits per heavy atom. The van der Waals surface area contributed by atoms with Gasteiger partial charge in [0.1, 0.15) is 5.75 Å². The molecule has 0 bridgehead atoms. The molecule has 188 valence electrons. The predicted molar refractivity (Wildman–Crippen MR) is 143 cm³/mol. The van der Waals surface area contributed by atoms with Gasteiger partial charge in [0.05, 0.1) is 6.61 Å². The lowest BCUT2D eigenvalue weighted by atomic mass is 9.96. The number of fused-ring (bicyclic) bond motifs is 2. The summed E-state index contributed by atoms with van der Waals surface area (Å²) < 4.78 is 34.6. The molecule has 0 radical (unpaired) electrons. The number of halogens is 2. The van der Waals surface area contributed by atoms with E-state index in [9.17, 15) is 8.78 Å². The summed E-state index contributed by atoms with van der Waals surface area (Å²) in [6, 6.07) is 20.1. The largest absolute Gasteiger partial charge is 0.493 e. The Kier molecular flexibility index (Phi) is 10.9. The molecule has 0 aliphatic heterocycles. The van der Waals surface area contributed by atoms with Crippen molar-refractivity contribution in [1.82, 2.24) is 4.98 Å². The van der Waals surface area contributed by atoms with E-state index in [1.807, 2.05) is 45.0 Å². The van der Waals surface area contributed by atoms with Gasteiger partial charge in [0, 0.05) is 17.0 Å². The molecule has 35 heavy (non-hydrogen) atoms. The van der Waals surface area contributed by atoms with Crippen molar-refractivity contribution in [3.8, 4) is 11.6 Å². The molecule has 4 aromatic rings. The van der Waals surface area contributed by atoms with Crippen LogP contribution in [0.1, 0.15) is 71.4 Å². The third kappa shape index (κ3) is 7.14. The first-order valence-electron chi connectivity index (χ1n) is 12.3. The van der Waals surface area contributed by atoms with Gasteiger partial charge < -0.3 is 9.47 Å². The van der Waals surface area contributed by atoms with Gasteiger partial charge in [0.2, 0.25) is 5.88 Å². The van der Waals surface area contributed by atoms with Crippen molar-refractivity contribution >= 4 is 21.5 Å². The fourth-order valence-corrected chi connectivity index (χ4v) is 3.98. The van der Waals surface area contributed by atoms with Gasteiger partial charge in [-0.2, -0.15) is 8.78 Å². The SMILES string of the molecule is CC.CC(C)c1cccc2c(OC(F)F)nccc12.CCOc1cccc2c(C(C)C)cccc12. The van der Waals surface area contributed by atoms with Crippen molar-refractivity contribution < 1.29 is 18.3 Å². The third-order valence-corrected chi connectivity index (χ3v) is 5.46. The molecule has 1 heterocycles. The average Bonchev–Trinajstić information content (AvgIpc) is 2.85. The molecule has 0 spiro atoms. The van der Waals surface area contributed by atoms with E-state index in [1.165, 1.54) is 22.5 Å². The minimum Gasteiger partial charge on any atom is -0.493 e. The highest BCUT2D eigenvalue weighted by atomic mass is 19.3. The summed E-state index contributed by atoms with van der Waals surface area (Å²) in [5.41, 5.74) is 2.49. The molecule has 0 saturated heterocycles. The Labute approximate surface area is 208 Å². The molecule has 0 fully saturated rings. The molecule has 0 atom stereocenters. The van der Waals surface area contributed by atoms with Crippen molar-refractivity contribution in [2.24, 2.45) is 0 Å². The highest BCUT2D eigenvalue weighted by molar-refractivity contribution is 5.91. The molecule has 3 nitrogen and oxygen atoms in total. The van der Waals surface area contributed by atoms with E-state index in [4.69, 9.17) is 4.74 Å². The first-order chi connectivity index (χ1) is 16.8. The second-order valence-corrected chi connectivity index (χ2v) is 8.38. The Morgan fingerprint density at radius 3 is 1.77 bits per heavy atom. The molecular weight excluding hydrogens is 444 g/mol. The van der Waals surface area contributed by atoms with Crippen LogP contribution >= 0.6 is 0 Å². The fraction of sp³-hybridized carbons (Fsp3) is 0.367. The average molecular weight is 482 g/mol. The zero-order chi connectivity index (χ0) is 26.0. The third-order valence-electron chi connectivity index (χ3n) is 5.46. The van der Waals surface area contributed by atoms with Crippen LogP contribution in [-0.2, 0) is 0 Å². The summed E-state index contributed by atoms with van der Waals surface area (Å²) in [6.45, 7) is 12.4. The molecule has 3 aromatic carbocycles. The molecule has 1 aromatic heterocycles. The molecule has 0 N–H and O–H groups in total. The second-order valence-electron chi connectivity index (χ2n) is 8.38. The van der Waals surface area contributed by atoms with Crippen LogP contribution < -0.4 is 9.47 Å². The molecule has 0 unspecified atom stereocenters. The first kappa shape index (κ1) is 28.0. The molecular formula is C30H37F2NO2. The van der Waals surface area contributed by atoms with Crippen molar-refractivity contribution in [2.45, 2.75) is 66.9 Å². The summed E-state index contributed by atoms with van der Waals surface area (Å²) in [5.74, 6) is 1.84. The van der Waals surface area contributed by atoms with Crippen LogP contribution in [0.15, 0.2) is 66.9 Å². The van der Waals surface area contributed by atoms with E-state index in [2.05, 4.69) is 67.7 Å². The van der Waals surface area contributed by atoms with Crippen LogP contribution in [0.2, 0.25) is 0 Å². The monoisotopic (exact) mass is 481 g/mol. The van der Waals surface area contributed by atoms with Gasteiger partial charge in [0.25, 0.3) is 0 Å². The second kappa shape index (κ2) is 13.6. The lowest BCUT2D eigenvalue weighted by molar-refractivity contribution is -0.0517. The van der Waals surface area contributed by atoms with Crippen molar-refractivity contribution in [2.75, 3.05) is 6.61 Å². The number of benzene rings is 3. The van der Waals surface area contributed by atoms with Crippen molar-refractivity contribution in [3.05, 3.63) is 78.0 Å². The van der Waals surface area contributed by atoms with E-state index in [-0.39, 0.29) is 5.88 Å². The van der Waals surface area contributed by atoms with Gasteiger partial charge in [-0.15, -0.1) is 0 Å². The summed E-state index contributed by atoms with van der Waals surface area (Å²) in [5, 5.41) is 4.06. The number of hydrogen-bond donors (Lipinski definition) is 0. The minimum absolute atomic E-state index is 0.0139. The van der Waals surface area contributed by atoms with E-state index in [0.29, 0.717) is 23.8 Å².